The maximum absolute atomic E-state index is 13.0. The highest BCUT2D eigenvalue weighted by Gasteiger charge is 2.18. The van der Waals surface area contributed by atoms with E-state index in [1.807, 2.05) is 56.3 Å². The first-order valence-corrected chi connectivity index (χ1v) is 12.7. The third-order valence-corrected chi connectivity index (χ3v) is 6.78. The van der Waals surface area contributed by atoms with Crippen molar-refractivity contribution in [1.82, 2.24) is 0 Å². The molecule has 0 aliphatic carbocycles. The Balaban J connectivity index is 1.65. The normalized spacial score (nSPS) is 11.9. The number of hydrogen-bond donors (Lipinski definition) is 0. The molecule has 4 aromatic carbocycles. The molecule has 0 saturated carbocycles. The van der Waals surface area contributed by atoms with E-state index in [2.05, 4.69) is 40.8 Å². The number of rotatable bonds is 7. The van der Waals surface area contributed by atoms with Crippen molar-refractivity contribution in [2.75, 3.05) is 6.61 Å². The van der Waals surface area contributed by atoms with Gasteiger partial charge >= 0.3 is 0 Å². The molecule has 0 heterocycles. The zero-order valence-electron chi connectivity index (χ0n) is 19.3. The van der Waals surface area contributed by atoms with Gasteiger partial charge in [-0.25, -0.2) is 0 Å². The highest BCUT2D eigenvalue weighted by atomic mass is 32.2. The summed E-state index contributed by atoms with van der Waals surface area (Å²) in [5.74, 6) is 0.111. The van der Waals surface area contributed by atoms with E-state index in [-0.39, 0.29) is 10.8 Å². The lowest BCUT2D eigenvalue weighted by atomic mass is 9.97. The fourth-order valence-electron chi connectivity index (χ4n) is 3.71. The zero-order chi connectivity index (χ0) is 24.0. The van der Waals surface area contributed by atoms with Crippen LogP contribution < -0.4 is 0 Å². The maximum Gasteiger partial charge on any atom is 0.285 e. The molecule has 0 saturated heterocycles. The highest BCUT2D eigenvalue weighted by Crippen LogP contribution is 2.23. The summed E-state index contributed by atoms with van der Waals surface area (Å²) in [5.41, 5.74) is 6.04. The average Bonchev–Trinajstić information content (AvgIpc) is 2.85. The molecule has 0 atom stereocenters. The van der Waals surface area contributed by atoms with Crippen LogP contribution in [0.5, 0.6) is 0 Å². The van der Waals surface area contributed by atoms with Gasteiger partial charge in [-0.1, -0.05) is 90.5 Å². The van der Waals surface area contributed by atoms with Crippen molar-refractivity contribution in [2.45, 2.75) is 25.2 Å². The van der Waals surface area contributed by atoms with Crippen LogP contribution in [0.25, 0.3) is 11.1 Å². The first-order valence-electron chi connectivity index (χ1n) is 11.2. The molecular formula is C29H27NO3S. The third-order valence-electron chi connectivity index (χ3n) is 5.51. The lowest BCUT2D eigenvalue weighted by Gasteiger charge is -2.13. The van der Waals surface area contributed by atoms with Crippen LogP contribution in [0.15, 0.2) is 112 Å². The standard InChI is InChI=1S/C29H27NO3S/c1-3-33-29(30-34(31,32)27-19-13-22(2)14-20-27)28-12-8-7-11-26(28)21-23-15-17-25(18-16-23)24-9-5-4-6-10-24/h4-20H,3,21H2,1-2H3/b30-29-. The maximum atomic E-state index is 13.0. The van der Waals surface area contributed by atoms with Gasteiger partial charge in [0.2, 0.25) is 5.90 Å². The smallest absolute Gasteiger partial charge is 0.285 e. The molecule has 34 heavy (non-hydrogen) atoms. The fourth-order valence-corrected chi connectivity index (χ4v) is 4.67. The topological polar surface area (TPSA) is 55.7 Å². The van der Waals surface area contributed by atoms with Crippen LogP contribution in [-0.4, -0.2) is 20.9 Å². The van der Waals surface area contributed by atoms with E-state index < -0.39 is 10.0 Å². The number of ether oxygens (including phenoxy) is 1. The van der Waals surface area contributed by atoms with Gasteiger partial charge in [0, 0.05) is 5.56 Å². The van der Waals surface area contributed by atoms with Crippen molar-refractivity contribution in [3.8, 4) is 11.1 Å². The minimum Gasteiger partial charge on any atom is -0.477 e. The summed E-state index contributed by atoms with van der Waals surface area (Å²) in [7, 11) is -3.91. The van der Waals surface area contributed by atoms with Crippen LogP contribution in [0.1, 0.15) is 29.2 Å². The minimum absolute atomic E-state index is 0.111. The van der Waals surface area contributed by atoms with Crippen LogP contribution in [0.3, 0.4) is 0 Å². The SMILES string of the molecule is CCO/C(=N\S(=O)(=O)c1ccc(C)cc1)c1ccccc1Cc1ccc(-c2ccccc2)cc1. The molecule has 0 amide bonds. The molecule has 4 aromatic rings. The molecule has 0 aliphatic rings. The molecule has 0 N–H and O–H groups in total. The quantitative estimate of drug-likeness (QED) is 0.232. The Hall–Kier alpha value is -3.70. The number of aryl methyl sites for hydroxylation is 1. The minimum atomic E-state index is -3.91. The molecule has 0 fully saturated rings. The molecule has 172 valence electrons. The van der Waals surface area contributed by atoms with Crippen molar-refractivity contribution >= 4 is 15.9 Å². The van der Waals surface area contributed by atoms with Crippen molar-refractivity contribution in [3.63, 3.8) is 0 Å². The number of sulfonamides is 1. The van der Waals surface area contributed by atoms with Gasteiger partial charge in [0.25, 0.3) is 10.0 Å². The van der Waals surface area contributed by atoms with E-state index in [4.69, 9.17) is 4.74 Å². The molecule has 0 bridgehead atoms. The van der Waals surface area contributed by atoms with Gasteiger partial charge in [0.05, 0.1) is 11.5 Å². The van der Waals surface area contributed by atoms with Gasteiger partial charge in [0.15, 0.2) is 0 Å². The van der Waals surface area contributed by atoms with Gasteiger partial charge in [-0.05, 0) is 60.7 Å². The number of hydrogen-bond acceptors (Lipinski definition) is 3. The molecule has 4 nitrogen and oxygen atoms in total. The monoisotopic (exact) mass is 469 g/mol. The van der Waals surface area contributed by atoms with Gasteiger partial charge in [-0.3, -0.25) is 0 Å². The van der Waals surface area contributed by atoms with Crippen molar-refractivity contribution < 1.29 is 13.2 Å². The molecule has 4 rings (SSSR count). The van der Waals surface area contributed by atoms with Crippen molar-refractivity contribution in [1.29, 1.82) is 0 Å². The van der Waals surface area contributed by atoms with E-state index in [1.54, 1.807) is 24.3 Å². The highest BCUT2D eigenvalue weighted by molar-refractivity contribution is 7.90. The second-order valence-corrected chi connectivity index (χ2v) is 9.62. The van der Waals surface area contributed by atoms with Gasteiger partial charge < -0.3 is 4.74 Å². The summed E-state index contributed by atoms with van der Waals surface area (Å²) in [4.78, 5) is 0.143. The third kappa shape index (κ3) is 5.61. The van der Waals surface area contributed by atoms with Crippen LogP contribution in [0.4, 0.5) is 0 Å². The molecular weight excluding hydrogens is 442 g/mol. The lowest BCUT2D eigenvalue weighted by Crippen LogP contribution is -2.13. The summed E-state index contributed by atoms with van der Waals surface area (Å²) >= 11 is 0. The molecule has 5 heteroatoms. The molecule has 0 spiro atoms. The predicted octanol–water partition coefficient (Wildman–Crippen LogP) is 6.42. The van der Waals surface area contributed by atoms with Crippen molar-refractivity contribution in [2.24, 2.45) is 4.40 Å². The summed E-state index contributed by atoms with van der Waals surface area (Å²) in [6, 6.07) is 32.9. The Morgan fingerprint density at radius 3 is 2.06 bits per heavy atom. The molecule has 0 aromatic heterocycles. The second kappa shape index (κ2) is 10.5. The van der Waals surface area contributed by atoms with E-state index >= 15 is 0 Å². The summed E-state index contributed by atoms with van der Waals surface area (Å²) in [6.07, 6.45) is 0.627. The zero-order valence-corrected chi connectivity index (χ0v) is 20.1. The van der Waals surface area contributed by atoms with Crippen molar-refractivity contribution in [3.05, 3.63) is 125 Å². The Morgan fingerprint density at radius 2 is 1.38 bits per heavy atom. The molecule has 0 unspecified atom stereocenters. The second-order valence-electron chi connectivity index (χ2n) is 8.01. The Bertz CT molecular complexity index is 1380. The van der Waals surface area contributed by atoms with E-state index in [1.165, 1.54) is 5.56 Å². The predicted molar refractivity (Wildman–Crippen MR) is 138 cm³/mol. The first-order chi connectivity index (χ1) is 16.5. The van der Waals surface area contributed by atoms with Gasteiger partial charge in [0.1, 0.15) is 0 Å². The van der Waals surface area contributed by atoms with Crippen LogP contribution >= 0.6 is 0 Å². The largest absolute Gasteiger partial charge is 0.477 e. The molecule has 0 aliphatic heterocycles. The average molecular weight is 470 g/mol. The fraction of sp³-hybridized carbons (Fsp3) is 0.138. The van der Waals surface area contributed by atoms with E-state index in [9.17, 15) is 8.42 Å². The van der Waals surface area contributed by atoms with Gasteiger partial charge in [-0.15, -0.1) is 4.40 Å². The van der Waals surface area contributed by atoms with E-state index in [0.717, 1.165) is 22.3 Å². The Labute approximate surface area is 201 Å². The first kappa shape index (κ1) is 23.5. The summed E-state index contributed by atoms with van der Waals surface area (Å²) in [5, 5.41) is 0. The number of benzene rings is 4. The molecule has 0 radical (unpaired) electrons. The van der Waals surface area contributed by atoms with Crippen LogP contribution in [-0.2, 0) is 21.2 Å². The Morgan fingerprint density at radius 1 is 0.765 bits per heavy atom. The summed E-state index contributed by atoms with van der Waals surface area (Å²) < 4.78 is 35.8. The lowest BCUT2D eigenvalue weighted by molar-refractivity contribution is 0.329. The van der Waals surface area contributed by atoms with Crippen LogP contribution in [0.2, 0.25) is 0 Å². The number of nitrogens with zero attached hydrogens (tertiary/aromatic N) is 1. The van der Waals surface area contributed by atoms with E-state index in [0.29, 0.717) is 18.6 Å². The van der Waals surface area contributed by atoms with Gasteiger partial charge in [-0.2, -0.15) is 8.42 Å². The Kier molecular flexibility index (Phi) is 7.24. The van der Waals surface area contributed by atoms with Crippen LogP contribution in [0, 0.1) is 6.92 Å². The summed E-state index contributed by atoms with van der Waals surface area (Å²) in [6.45, 7) is 4.04.